The molecular formula is C6H12ClN3OS+2. The Kier molecular flexibility index (Phi) is 3.28. The minimum absolute atomic E-state index is 0.351. The largest absolute Gasteiger partial charge is 0.386 e. The molecule has 4 nitrogen and oxygen atoms in total. The SMILES string of the molecule is Nc1[nH+]cc([C@H](O)[C@@H](Cl)C[NH3+])s1. The van der Waals surface area contributed by atoms with Crippen LogP contribution in [0, 0.1) is 0 Å². The van der Waals surface area contributed by atoms with E-state index in [1.807, 2.05) is 0 Å². The molecule has 0 aliphatic carbocycles. The highest BCUT2D eigenvalue weighted by atomic mass is 35.5. The average Bonchev–Trinajstić information content (AvgIpc) is 2.49. The molecule has 0 spiro atoms. The number of aromatic nitrogens is 1. The van der Waals surface area contributed by atoms with Crippen LogP contribution in [0.5, 0.6) is 0 Å². The molecule has 0 saturated carbocycles. The fraction of sp³-hybridized carbons (Fsp3) is 0.500. The molecule has 0 aliphatic rings. The van der Waals surface area contributed by atoms with Crippen molar-refractivity contribution in [2.24, 2.45) is 0 Å². The van der Waals surface area contributed by atoms with Crippen molar-refractivity contribution in [1.82, 2.24) is 0 Å². The van der Waals surface area contributed by atoms with Crippen LogP contribution in [-0.4, -0.2) is 17.0 Å². The number of aliphatic hydroxyl groups is 1. The van der Waals surface area contributed by atoms with Gasteiger partial charge in [-0.3, -0.25) is 5.73 Å². The summed E-state index contributed by atoms with van der Waals surface area (Å²) in [7, 11) is 0. The van der Waals surface area contributed by atoms with E-state index in [-0.39, 0.29) is 5.38 Å². The molecule has 68 valence electrons. The second kappa shape index (κ2) is 4.04. The number of nitrogens with one attached hydrogen (secondary N) is 1. The molecule has 7 N–H and O–H groups in total. The third-order valence-corrected chi connectivity index (χ3v) is 2.88. The summed E-state index contributed by atoms with van der Waals surface area (Å²) < 4.78 is 0. The summed E-state index contributed by atoms with van der Waals surface area (Å²) in [5.41, 5.74) is 9.06. The lowest BCUT2D eigenvalue weighted by Crippen LogP contribution is -2.55. The van der Waals surface area contributed by atoms with Gasteiger partial charge in [0.1, 0.15) is 17.7 Å². The van der Waals surface area contributed by atoms with Crippen LogP contribution in [0.25, 0.3) is 0 Å². The van der Waals surface area contributed by atoms with Gasteiger partial charge in [0.2, 0.25) is 0 Å². The lowest BCUT2D eigenvalue weighted by atomic mass is 10.2. The highest BCUT2D eigenvalue weighted by molar-refractivity contribution is 7.14. The second-order valence-electron chi connectivity index (χ2n) is 2.41. The number of nitrogens with two attached hydrogens (primary N) is 1. The molecule has 0 saturated heterocycles. The Hall–Kier alpha value is -0.360. The Morgan fingerprint density at radius 3 is 2.92 bits per heavy atom. The Morgan fingerprint density at radius 2 is 2.50 bits per heavy atom. The van der Waals surface area contributed by atoms with Crippen LogP contribution >= 0.6 is 22.9 Å². The number of H-pyrrole nitrogens is 1. The molecule has 0 unspecified atom stereocenters. The average molecular weight is 210 g/mol. The van der Waals surface area contributed by atoms with Crippen LogP contribution in [0.3, 0.4) is 0 Å². The minimum Gasteiger partial charge on any atom is -0.386 e. The van der Waals surface area contributed by atoms with Crippen molar-refractivity contribution >= 4 is 28.1 Å². The van der Waals surface area contributed by atoms with Gasteiger partial charge in [-0.15, -0.1) is 11.6 Å². The van der Waals surface area contributed by atoms with Gasteiger partial charge in [0.05, 0.1) is 11.4 Å². The molecule has 0 radical (unpaired) electrons. The first kappa shape index (κ1) is 9.73. The number of aromatic amines is 1. The van der Waals surface area contributed by atoms with Gasteiger partial charge in [-0.2, -0.15) is 0 Å². The summed E-state index contributed by atoms with van der Waals surface area (Å²) in [6, 6.07) is 0. The van der Waals surface area contributed by atoms with Gasteiger partial charge in [0, 0.05) is 0 Å². The van der Waals surface area contributed by atoms with E-state index < -0.39 is 6.10 Å². The zero-order valence-corrected chi connectivity index (χ0v) is 8.03. The summed E-state index contributed by atoms with van der Waals surface area (Å²) in [6.07, 6.45) is 0.984. The van der Waals surface area contributed by atoms with Crippen LogP contribution in [0.2, 0.25) is 0 Å². The Labute approximate surface area is 79.2 Å². The lowest BCUT2D eigenvalue weighted by Gasteiger charge is -2.09. The van der Waals surface area contributed by atoms with Crippen molar-refractivity contribution < 1.29 is 15.8 Å². The van der Waals surface area contributed by atoms with E-state index in [9.17, 15) is 5.11 Å². The van der Waals surface area contributed by atoms with Crippen molar-refractivity contribution in [3.05, 3.63) is 11.1 Å². The van der Waals surface area contributed by atoms with E-state index in [2.05, 4.69) is 10.7 Å². The lowest BCUT2D eigenvalue weighted by molar-refractivity contribution is -0.370. The normalized spacial score (nSPS) is 15.9. The number of hydrogen-bond donors (Lipinski definition) is 3. The van der Waals surface area contributed by atoms with Crippen LogP contribution in [-0.2, 0) is 0 Å². The van der Waals surface area contributed by atoms with Crippen LogP contribution in [0.1, 0.15) is 11.0 Å². The number of thiazole rings is 1. The van der Waals surface area contributed by atoms with E-state index >= 15 is 0 Å². The third kappa shape index (κ3) is 2.07. The number of aliphatic hydroxyl groups excluding tert-OH is 1. The van der Waals surface area contributed by atoms with E-state index in [1.54, 1.807) is 6.20 Å². The van der Waals surface area contributed by atoms with E-state index in [4.69, 9.17) is 17.3 Å². The maximum absolute atomic E-state index is 9.57. The van der Waals surface area contributed by atoms with Gasteiger partial charge >= 0.3 is 5.13 Å². The summed E-state index contributed by atoms with van der Waals surface area (Å²) in [5, 5.41) is 9.78. The van der Waals surface area contributed by atoms with Gasteiger partial charge < -0.3 is 10.8 Å². The third-order valence-electron chi connectivity index (χ3n) is 1.49. The van der Waals surface area contributed by atoms with Crippen molar-refractivity contribution in [1.29, 1.82) is 0 Å². The van der Waals surface area contributed by atoms with Gasteiger partial charge in [-0.25, -0.2) is 4.98 Å². The monoisotopic (exact) mass is 209 g/mol. The number of hydrogen-bond acceptors (Lipinski definition) is 3. The molecular weight excluding hydrogens is 198 g/mol. The number of anilines is 1. The van der Waals surface area contributed by atoms with Gasteiger partial charge in [0.15, 0.2) is 0 Å². The standard InChI is InChI=1S/C6H10ClN3OS/c7-3(1-8)5(11)4-2-10-6(9)12-4/h2-3,5,11H,1,8H2,(H2,9,10)/p+2/t3-,5+/m0/s1. The molecule has 0 fully saturated rings. The van der Waals surface area contributed by atoms with Crippen molar-refractivity contribution in [2.45, 2.75) is 11.5 Å². The predicted octanol–water partition coefficient (Wildman–Crippen LogP) is -0.973. The summed E-state index contributed by atoms with van der Waals surface area (Å²) >= 11 is 7.10. The quantitative estimate of drug-likeness (QED) is 0.560. The number of rotatable bonds is 3. The summed E-state index contributed by atoms with van der Waals surface area (Å²) in [4.78, 5) is 3.53. The Morgan fingerprint density at radius 1 is 1.83 bits per heavy atom. The zero-order chi connectivity index (χ0) is 9.14. The van der Waals surface area contributed by atoms with E-state index in [1.165, 1.54) is 11.3 Å². The molecule has 12 heavy (non-hydrogen) atoms. The Balaban J connectivity index is 2.70. The van der Waals surface area contributed by atoms with Gasteiger partial charge in [0.25, 0.3) is 0 Å². The summed E-state index contributed by atoms with van der Waals surface area (Å²) in [6.45, 7) is 0.487. The molecule has 0 bridgehead atoms. The van der Waals surface area contributed by atoms with E-state index in [0.29, 0.717) is 11.7 Å². The number of alkyl halides is 1. The molecule has 0 aliphatic heterocycles. The van der Waals surface area contributed by atoms with Crippen molar-refractivity contribution in [3.63, 3.8) is 0 Å². The molecule has 0 aromatic carbocycles. The number of nitrogen functional groups attached to an aromatic ring is 1. The molecule has 1 heterocycles. The Bertz CT molecular complexity index is 255. The van der Waals surface area contributed by atoms with Crippen LogP contribution < -0.4 is 16.5 Å². The van der Waals surface area contributed by atoms with Crippen LogP contribution in [0.4, 0.5) is 5.13 Å². The van der Waals surface area contributed by atoms with E-state index in [0.717, 1.165) is 4.88 Å². The molecule has 6 heteroatoms. The zero-order valence-electron chi connectivity index (χ0n) is 6.46. The molecule has 1 aromatic rings. The minimum atomic E-state index is -0.678. The fourth-order valence-electron chi connectivity index (χ4n) is 0.810. The maximum Gasteiger partial charge on any atom is 0.329 e. The maximum atomic E-state index is 9.57. The van der Waals surface area contributed by atoms with Crippen LogP contribution in [0.15, 0.2) is 6.20 Å². The fourth-order valence-corrected chi connectivity index (χ4v) is 1.80. The first-order chi connectivity index (χ1) is 5.65. The molecule has 2 atom stereocenters. The first-order valence-corrected chi connectivity index (χ1v) is 4.78. The van der Waals surface area contributed by atoms with Crippen molar-refractivity contribution in [2.75, 3.05) is 12.3 Å². The second-order valence-corrected chi connectivity index (χ2v) is 4.08. The van der Waals surface area contributed by atoms with Gasteiger partial charge in [-0.05, 0) is 11.3 Å². The highest BCUT2D eigenvalue weighted by Gasteiger charge is 2.21. The summed E-state index contributed by atoms with van der Waals surface area (Å²) in [5.74, 6) is 0. The van der Waals surface area contributed by atoms with Gasteiger partial charge in [-0.1, -0.05) is 0 Å². The molecule has 1 rings (SSSR count). The highest BCUT2D eigenvalue weighted by Crippen LogP contribution is 2.24. The molecule has 0 amide bonds. The number of quaternary nitrogens is 1. The molecule has 1 aromatic heterocycles. The smallest absolute Gasteiger partial charge is 0.329 e. The predicted molar refractivity (Wildman–Crippen MR) is 47.6 cm³/mol. The van der Waals surface area contributed by atoms with Crippen molar-refractivity contribution in [3.8, 4) is 0 Å². The number of halogens is 1. The topological polar surface area (TPSA) is 88.0 Å². The first-order valence-electron chi connectivity index (χ1n) is 3.53.